The SMILES string of the molecule is CC1CC(N2CCN(C(C)(C)C)CC2)CCN1. The molecule has 0 aromatic rings. The molecule has 3 nitrogen and oxygen atoms in total. The highest BCUT2D eigenvalue weighted by atomic mass is 15.3. The Bertz CT molecular complexity index is 238. The maximum absolute atomic E-state index is 3.55. The molecule has 2 unspecified atom stereocenters. The molecule has 2 saturated heterocycles. The molecular weight excluding hydrogens is 210 g/mol. The van der Waals surface area contributed by atoms with Crippen LogP contribution in [0.15, 0.2) is 0 Å². The average molecular weight is 239 g/mol. The first-order valence-corrected chi connectivity index (χ1v) is 7.19. The van der Waals surface area contributed by atoms with Crippen LogP contribution in [-0.2, 0) is 0 Å². The summed E-state index contributed by atoms with van der Waals surface area (Å²) in [6.07, 6.45) is 2.66. The van der Waals surface area contributed by atoms with Crippen molar-refractivity contribution in [2.75, 3.05) is 32.7 Å². The fourth-order valence-corrected chi connectivity index (χ4v) is 3.20. The van der Waals surface area contributed by atoms with Gasteiger partial charge in [0.1, 0.15) is 0 Å². The fraction of sp³-hybridized carbons (Fsp3) is 1.00. The quantitative estimate of drug-likeness (QED) is 0.749. The van der Waals surface area contributed by atoms with Gasteiger partial charge in [-0.2, -0.15) is 0 Å². The summed E-state index contributed by atoms with van der Waals surface area (Å²) < 4.78 is 0. The van der Waals surface area contributed by atoms with Crippen LogP contribution in [0.2, 0.25) is 0 Å². The second-order valence-electron chi connectivity index (χ2n) is 6.73. The lowest BCUT2D eigenvalue weighted by Crippen LogP contribution is -2.57. The summed E-state index contributed by atoms with van der Waals surface area (Å²) in [6, 6.07) is 1.53. The van der Waals surface area contributed by atoms with Gasteiger partial charge in [-0.1, -0.05) is 0 Å². The first-order valence-electron chi connectivity index (χ1n) is 7.19. The van der Waals surface area contributed by atoms with E-state index in [-0.39, 0.29) is 0 Å². The monoisotopic (exact) mass is 239 g/mol. The van der Waals surface area contributed by atoms with Crippen molar-refractivity contribution in [2.24, 2.45) is 0 Å². The third-order valence-corrected chi connectivity index (χ3v) is 4.38. The van der Waals surface area contributed by atoms with Gasteiger partial charge in [-0.3, -0.25) is 9.80 Å². The van der Waals surface area contributed by atoms with E-state index < -0.39 is 0 Å². The van der Waals surface area contributed by atoms with Gasteiger partial charge in [0, 0.05) is 43.8 Å². The molecule has 3 heteroatoms. The van der Waals surface area contributed by atoms with E-state index in [1.807, 2.05) is 0 Å². The van der Waals surface area contributed by atoms with E-state index >= 15 is 0 Å². The molecule has 0 aromatic heterocycles. The zero-order valence-corrected chi connectivity index (χ0v) is 12.0. The van der Waals surface area contributed by atoms with E-state index in [4.69, 9.17) is 0 Å². The highest BCUT2D eigenvalue weighted by Crippen LogP contribution is 2.21. The maximum atomic E-state index is 3.55. The van der Waals surface area contributed by atoms with Gasteiger partial charge in [0.25, 0.3) is 0 Å². The van der Waals surface area contributed by atoms with E-state index in [0.29, 0.717) is 11.6 Å². The van der Waals surface area contributed by atoms with Crippen LogP contribution in [-0.4, -0.2) is 60.1 Å². The van der Waals surface area contributed by atoms with Crippen LogP contribution in [0.3, 0.4) is 0 Å². The molecule has 0 saturated carbocycles. The van der Waals surface area contributed by atoms with Gasteiger partial charge in [0.05, 0.1) is 0 Å². The van der Waals surface area contributed by atoms with Gasteiger partial charge in [0.2, 0.25) is 0 Å². The molecule has 0 aromatic carbocycles. The first-order chi connectivity index (χ1) is 7.97. The molecule has 2 rings (SSSR count). The van der Waals surface area contributed by atoms with Crippen LogP contribution < -0.4 is 5.32 Å². The van der Waals surface area contributed by atoms with Crippen LogP contribution in [0.25, 0.3) is 0 Å². The van der Waals surface area contributed by atoms with E-state index in [0.717, 1.165) is 6.04 Å². The van der Waals surface area contributed by atoms with Gasteiger partial charge < -0.3 is 5.32 Å². The Labute approximate surface area is 107 Å². The Morgan fingerprint density at radius 1 is 1.06 bits per heavy atom. The molecule has 0 aliphatic carbocycles. The summed E-state index contributed by atoms with van der Waals surface area (Å²) in [4.78, 5) is 5.34. The molecular formula is C14H29N3. The summed E-state index contributed by atoms with van der Waals surface area (Å²) in [5.41, 5.74) is 0.341. The number of piperazine rings is 1. The minimum absolute atomic E-state index is 0.341. The third kappa shape index (κ3) is 3.43. The van der Waals surface area contributed by atoms with Gasteiger partial charge >= 0.3 is 0 Å². The number of hydrogen-bond donors (Lipinski definition) is 1. The molecule has 0 amide bonds. The highest BCUT2D eigenvalue weighted by molar-refractivity contribution is 4.88. The van der Waals surface area contributed by atoms with Crippen molar-refractivity contribution in [3.63, 3.8) is 0 Å². The van der Waals surface area contributed by atoms with E-state index in [1.165, 1.54) is 45.6 Å². The van der Waals surface area contributed by atoms with E-state index in [1.54, 1.807) is 0 Å². The van der Waals surface area contributed by atoms with Crippen LogP contribution in [0.1, 0.15) is 40.5 Å². The minimum atomic E-state index is 0.341. The Morgan fingerprint density at radius 2 is 1.71 bits per heavy atom. The fourth-order valence-electron chi connectivity index (χ4n) is 3.20. The zero-order valence-electron chi connectivity index (χ0n) is 12.0. The second-order valence-corrected chi connectivity index (χ2v) is 6.73. The molecule has 2 aliphatic heterocycles. The Morgan fingerprint density at radius 3 is 2.24 bits per heavy atom. The number of hydrogen-bond acceptors (Lipinski definition) is 3. The normalized spacial score (nSPS) is 33.9. The molecule has 2 atom stereocenters. The molecule has 0 radical (unpaired) electrons. The molecule has 100 valence electrons. The molecule has 1 N–H and O–H groups in total. The van der Waals surface area contributed by atoms with Crippen LogP contribution in [0, 0.1) is 0 Å². The second kappa shape index (κ2) is 5.25. The number of piperidine rings is 1. The van der Waals surface area contributed by atoms with Gasteiger partial charge in [-0.05, 0) is 47.1 Å². The third-order valence-electron chi connectivity index (χ3n) is 4.38. The van der Waals surface area contributed by atoms with Crippen LogP contribution in [0.4, 0.5) is 0 Å². The lowest BCUT2D eigenvalue weighted by molar-refractivity contribution is 0.0314. The van der Waals surface area contributed by atoms with Crippen molar-refractivity contribution in [1.29, 1.82) is 0 Å². The summed E-state index contributed by atoms with van der Waals surface area (Å²) >= 11 is 0. The van der Waals surface area contributed by atoms with Crippen molar-refractivity contribution in [3.8, 4) is 0 Å². The molecule has 2 aliphatic rings. The molecule has 17 heavy (non-hydrogen) atoms. The summed E-state index contributed by atoms with van der Waals surface area (Å²) in [5, 5.41) is 3.55. The molecule has 0 spiro atoms. The van der Waals surface area contributed by atoms with Crippen LogP contribution in [0.5, 0.6) is 0 Å². The maximum Gasteiger partial charge on any atom is 0.0126 e. The van der Waals surface area contributed by atoms with Gasteiger partial charge in [-0.15, -0.1) is 0 Å². The van der Waals surface area contributed by atoms with E-state index in [2.05, 4.69) is 42.8 Å². The van der Waals surface area contributed by atoms with Gasteiger partial charge in [0.15, 0.2) is 0 Å². The standard InChI is InChI=1S/C14H29N3/c1-12-11-13(5-6-15-12)16-7-9-17(10-8-16)14(2,3)4/h12-13,15H,5-11H2,1-4H3. The molecule has 2 fully saturated rings. The topological polar surface area (TPSA) is 18.5 Å². The van der Waals surface area contributed by atoms with E-state index in [9.17, 15) is 0 Å². The lowest BCUT2D eigenvalue weighted by atomic mass is 9.97. The zero-order chi connectivity index (χ0) is 12.5. The number of nitrogens with one attached hydrogen (secondary N) is 1. The van der Waals surface area contributed by atoms with Crippen molar-refractivity contribution < 1.29 is 0 Å². The predicted molar refractivity (Wildman–Crippen MR) is 73.4 cm³/mol. The van der Waals surface area contributed by atoms with Crippen molar-refractivity contribution in [2.45, 2.75) is 58.2 Å². The van der Waals surface area contributed by atoms with Gasteiger partial charge in [-0.25, -0.2) is 0 Å². The molecule has 2 heterocycles. The highest BCUT2D eigenvalue weighted by Gasteiger charge is 2.30. The lowest BCUT2D eigenvalue weighted by Gasteiger charge is -2.46. The van der Waals surface area contributed by atoms with Crippen molar-refractivity contribution in [3.05, 3.63) is 0 Å². The first kappa shape index (κ1) is 13.3. The predicted octanol–water partition coefficient (Wildman–Crippen LogP) is 1.54. The number of rotatable bonds is 1. The van der Waals surface area contributed by atoms with Crippen molar-refractivity contribution in [1.82, 2.24) is 15.1 Å². The Hall–Kier alpha value is -0.120. The van der Waals surface area contributed by atoms with Crippen LogP contribution >= 0.6 is 0 Å². The minimum Gasteiger partial charge on any atom is -0.314 e. The summed E-state index contributed by atoms with van der Waals surface area (Å²) in [7, 11) is 0. The average Bonchev–Trinajstić information content (AvgIpc) is 2.28. The Kier molecular flexibility index (Phi) is 4.11. The smallest absolute Gasteiger partial charge is 0.0126 e. The molecule has 0 bridgehead atoms. The number of nitrogens with zero attached hydrogens (tertiary/aromatic N) is 2. The Balaban J connectivity index is 1.82. The van der Waals surface area contributed by atoms with Crippen molar-refractivity contribution >= 4 is 0 Å². The largest absolute Gasteiger partial charge is 0.314 e. The summed E-state index contributed by atoms with van der Waals surface area (Å²) in [6.45, 7) is 15.5. The summed E-state index contributed by atoms with van der Waals surface area (Å²) in [5.74, 6) is 0.